The molecule has 0 saturated carbocycles. The average Bonchev–Trinajstić information content (AvgIpc) is 3.04. The van der Waals surface area contributed by atoms with Crippen LogP contribution in [-0.4, -0.2) is 63.6 Å². The molecule has 0 aliphatic carbocycles. The maximum absolute atomic E-state index is 12.4. The third kappa shape index (κ3) is 4.64. The number of hydrogen-bond donors (Lipinski definition) is 0. The lowest BCUT2D eigenvalue weighted by atomic mass is 10.1. The predicted molar refractivity (Wildman–Crippen MR) is 91.3 cm³/mol. The Morgan fingerprint density at radius 2 is 1.87 bits per heavy atom. The Balaban J connectivity index is 1.55. The van der Waals surface area contributed by atoms with E-state index in [9.17, 15) is 8.42 Å². The Hall–Kier alpha value is -1.21. The topological polar surface area (TPSA) is 49.9 Å². The van der Waals surface area contributed by atoms with E-state index < -0.39 is 10.0 Å². The fraction of sp³-hybridized carbons (Fsp3) is 0.529. The Morgan fingerprint density at radius 3 is 2.61 bits per heavy atom. The summed E-state index contributed by atoms with van der Waals surface area (Å²) in [6, 6.07) is 9.53. The lowest BCUT2D eigenvalue weighted by Gasteiger charge is -2.28. The Morgan fingerprint density at radius 1 is 1.13 bits per heavy atom. The van der Waals surface area contributed by atoms with Crippen LogP contribution < -0.4 is 0 Å². The average molecular weight is 336 g/mol. The van der Waals surface area contributed by atoms with Crippen LogP contribution in [0.25, 0.3) is 6.08 Å². The van der Waals surface area contributed by atoms with E-state index in [4.69, 9.17) is 4.74 Å². The minimum Gasteiger partial charge on any atom is -0.379 e. The van der Waals surface area contributed by atoms with Gasteiger partial charge >= 0.3 is 0 Å². The van der Waals surface area contributed by atoms with E-state index in [0.717, 1.165) is 44.8 Å². The summed E-state index contributed by atoms with van der Waals surface area (Å²) in [6.45, 7) is 5.70. The van der Waals surface area contributed by atoms with Gasteiger partial charge in [0.15, 0.2) is 0 Å². The highest BCUT2D eigenvalue weighted by Gasteiger charge is 2.31. The van der Waals surface area contributed by atoms with E-state index in [-0.39, 0.29) is 0 Å². The molecule has 1 aromatic carbocycles. The van der Waals surface area contributed by atoms with Gasteiger partial charge in [0.25, 0.3) is 0 Å². The van der Waals surface area contributed by atoms with Gasteiger partial charge in [0.05, 0.1) is 13.2 Å². The summed E-state index contributed by atoms with van der Waals surface area (Å²) in [4.78, 5) is 2.38. The maximum Gasteiger partial charge on any atom is 0.236 e. The molecular formula is C17H24N2O3S. The van der Waals surface area contributed by atoms with E-state index >= 15 is 0 Å². The summed E-state index contributed by atoms with van der Waals surface area (Å²) in [5.41, 5.74) is 0.903. The van der Waals surface area contributed by atoms with Gasteiger partial charge in [-0.05, 0) is 24.0 Å². The molecule has 23 heavy (non-hydrogen) atoms. The molecule has 3 rings (SSSR count). The minimum absolute atomic E-state index is 0.424. The maximum atomic E-state index is 12.4. The third-order valence-electron chi connectivity index (χ3n) is 4.46. The van der Waals surface area contributed by atoms with Crippen molar-refractivity contribution in [2.24, 2.45) is 5.92 Å². The quantitative estimate of drug-likeness (QED) is 0.820. The standard InChI is InChI=1S/C17H24N2O3S/c20-23(21,13-7-16-4-2-1-3-5-16)19-8-6-17(15-19)14-18-9-11-22-12-10-18/h1-5,7,13,17H,6,8-12,14-15H2. The summed E-state index contributed by atoms with van der Waals surface area (Å²) in [6.07, 6.45) is 2.61. The van der Waals surface area contributed by atoms with Crippen molar-refractivity contribution in [1.82, 2.24) is 9.21 Å². The second-order valence-electron chi connectivity index (χ2n) is 6.18. The molecule has 0 N–H and O–H groups in total. The highest BCUT2D eigenvalue weighted by Crippen LogP contribution is 2.22. The zero-order chi connectivity index (χ0) is 16.1. The monoisotopic (exact) mass is 336 g/mol. The molecular weight excluding hydrogens is 312 g/mol. The van der Waals surface area contributed by atoms with Crippen molar-refractivity contribution < 1.29 is 13.2 Å². The van der Waals surface area contributed by atoms with E-state index in [0.29, 0.717) is 19.0 Å². The zero-order valence-electron chi connectivity index (χ0n) is 13.3. The first kappa shape index (κ1) is 16.6. The van der Waals surface area contributed by atoms with Crippen molar-refractivity contribution in [1.29, 1.82) is 0 Å². The molecule has 2 fully saturated rings. The first-order chi connectivity index (χ1) is 11.1. The lowest BCUT2D eigenvalue weighted by Crippen LogP contribution is -2.40. The molecule has 0 spiro atoms. The molecule has 0 bridgehead atoms. The molecule has 1 aromatic rings. The van der Waals surface area contributed by atoms with Crippen molar-refractivity contribution in [2.75, 3.05) is 45.9 Å². The SMILES string of the molecule is O=S(=O)(C=Cc1ccccc1)N1CCC(CN2CCOCC2)C1. The number of ether oxygens (including phenoxy) is 1. The third-order valence-corrected chi connectivity index (χ3v) is 5.99. The van der Waals surface area contributed by atoms with Gasteiger partial charge < -0.3 is 4.74 Å². The first-order valence-electron chi connectivity index (χ1n) is 8.17. The predicted octanol–water partition coefficient (Wildman–Crippen LogP) is 1.64. The first-order valence-corrected chi connectivity index (χ1v) is 9.67. The summed E-state index contributed by atoms with van der Waals surface area (Å²) >= 11 is 0. The smallest absolute Gasteiger partial charge is 0.236 e. The lowest BCUT2D eigenvalue weighted by molar-refractivity contribution is 0.0316. The van der Waals surface area contributed by atoms with Crippen LogP contribution in [0, 0.1) is 5.92 Å². The highest BCUT2D eigenvalue weighted by molar-refractivity contribution is 7.92. The van der Waals surface area contributed by atoms with Crippen LogP contribution >= 0.6 is 0 Å². The molecule has 2 heterocycles. The molecule has 126 valence electrons. The molecule has 2 aliphatic rings. The van der Waals surface area contributed by atoms with Crippen LogP contribution in [0.4, 0.5) is 0 Å². The van der Waals surface area contributed by atoms with E-state index in [1.807, 2.05) is 30.3 Å². The van der Waals surface area contributed by atoms with Crippen molar-refractivity contribution in [3.63, 3.8) is 0 Å². The van der Waals surface area contributed by atoms with Gasteiger partial charge in [0, 0.05) is 38.1 Å². The molecule has 2 aliphatic heterocycles. The highest BCUT2D eigenvalue weighted by atomic mass is 32.2. The van der Waals surface area contributed by atoms with E-state index in [1.165, 1.54) is 5.41 Å². The van der Waals surface area contributed by atoms with Gasteiger partial charge in [-0.25, -0.2) is 8.42 Å². The molecule has 5 nitrogen and oxygen atoms in total. The van der Waals surface area contributed by atoms with Crippen molar-refractivity contribution in [3.8, 4) is 0 Å². The van der Waals surface area contributed by atoms with Crippen LogP contribution in [0.5, 0.6) is 0 Å². The second-order valence-corrected chi connectivity index (χ2v) is 8.00. The van der Waals surface area contributed by atoms with Crippen LogP contribution in [0.1, 0.15) is 12.0 Å². The fourth-order valence-electron chi connectivity index (χ4n) is 3.14. The van der Waals surface area contributed by atoms with Gasteiger partial charge in [0.1, 0.15) is 0 Å². The molecule has 1 atom stereocenters. The molecule has 6 heteroatoms. The Kier molecular flexibility index (Phi) is 5.48. The largest absolute Gasteiger partial charge is 0.379 e. The van der Waals surface area contributed by atoms with E-state index in [2.05, 4.69) is 4.90 Å². The number of benzene rings is 1. The van der Waals surface area contributed by atoms with Crippen LogP contribution in [0.3, 0.4) is 0 Å². The summed E-state index contributed by atoms with van der Waals surface area (Å²) in [5, 5.41) is 1.33. The van der Waals surface area contributed by atoms with Crippen LogP contribution in [-0.2, 0) is 14.8 Å². The molecule has 1 unspecified atom stereocenters. The number of hydrogen-bond acceptors (Lipinski definition) is 4. The van der Waals surface area contributed by atoms with E-state index in [1.54, 1.807) is 10.4 Å². The summed E-state index contributed by atoms with van der Waals surface area (Å²) < 4.78 is 31.9. The normalized spacial score (nSPS) is 24.4. The fourth-order valence-corrected chi connectivity index (χ4v) is 4.42. The van der Waals surface area contributed by atoms with Gasteiger partial charge in [-0.3, -0.25) is 4.90 Å². The van der Waals surface area contributed by atoms with Gasteiger partial charge in [0.2, 0.25) is 10.0 Å². The molecule has 2 saturated heterocycles. The van der Waals surface area contributed by atoms with Crippen molar-refractivity contribution in [2.45, 2.75) is 6.42 Å². The van der Waals surface area contributed by atoms with Crippen molar-refractivity contribution >= 4 is 16.1 Å². The number of nitrogens with zero attached hydrogens (tertiary/aromatic N) is 2. The number of sulfonamides is 1. The van der Waals surface area contributed by atoms with Gasteiger partial charge in [-0.15, -0.1) is 0 Å². The number of rotatable bonds is 5. The minimum atomic E-state index is -3.32. The Labute approximate surface area is 138 Å². The summed E-state index contributed by atoms with van der Waals surface area (Å²) in [7, 11) is -3.32. The van der Waals surface area contributed by atoms with Gasteiger partial charge in [-0.2, -0.15) is 4.31 Å². The zero-order valence-corrected chi connectivity index (χ0v) is 14.1. The Bertz CT molecular complexity index is 624. The molecule has 0 radical (unpaired) electrons. The van der Waals surface area contributed by atoms with Crippen LogP contribution in [0.15, 0.2) is 35.7 Å². The second kappa shape index (κ2) is 7.57. The van der Waals surface area contributed by atoms with Crippen LogP contribution in [0.2, 0.25) is 0 Å². The molecule has 0 aromatic heterocycles. The van der Waals surface area contributed by atoms with Crippen molar-refractivity contribution in [3.05, 3.63) is 41.3 Å². The summed E-state index contributed by atoms with van der Waals surface area (Å²) in [5.74, 6) is 0.424. The molecule has 0 amide bonds. The van der Waals surface area contributed by atoms with Gasteiger partial charge in [-0.1, -0.05) is 30.3 Å². The number of morpholine rings is 1.